The normalized spacial score (nSPS) is 12.2. The summed E-state index contributed by atoms with van der Waals surface area (Å²) in [7, 11) is 3.75. The molecule has 6 heteroatoms. The summed E-state index contributed by atoms with van der Waals surface area (Å²) < 4.78 is 13.0. The third kappa shape index (κ3) is 4.26. The maximum Gasteiger partial charge on any atom is 0.260 e. The molecule has 0 aliphatic rings. The van der Waals surface area contributed by atoms with Crippen molar-refractivity contribution in [1.29, 1.82) is 0 Å². The van der Waals surface area contributed by atoms with Crippen molar-refractivity contribution in [2.75, 3.05) is 20.6 Å². The molecular weight excluding hydrogens is 297 g/mol. The van der Waals surface area contributed by atoms with E-state index < -0.39 is 11.5 Å². The third-order valence-electron chi connectivity index (χ3n) is 3.63. The second-order valence-corrected chi connectivity index (χ2v) is 5.63. The number of hydrogen-bond acceptors (Lipinski definition) is 3. The van der Waals surface area contributed by atoms with Crippen molar-refractivity contribution in [2.24, 2.45) is 0 Å². The number of nitrogens with zero attached hydrogens (tertiary/aromatic N) is 1. The zero-order valence-electron chi connectivity index (χ0n) is 13.4. The molecular formula is C17H20FN3O2. The zero-order valence-corrected chi connectivity index (χ0v) is 13.4. The molecule has 2 aromatic rings. The molecule has 1 aromatic carbocycles. The number of aryl methyl sites for hydroxylation is 1. The molecule has 1 amide bonds. The van der Waals surface area contributed by atoms with Gasteiger partial charge in [-0.1, -0.05) is 12.1 Å². The fraction of sp³-hybridized carbons (Fsp3) is 0.294. The van der Waals surface area contributed by atoms with Crippen molar-refractivity contribution < 1.29 is 9.18 Å². The number of H-pyrrole nitrogens is 1. The van der Waals surface area contributed by atoms with E-state index in [-0.39, 0.29) is 17.4 Å². The van der Waals surface area contributed by atoms with Crippen LogP contribution in [0.25, 0.3) is 0 Å². The highest BCUT2D eigenvalue weighted by molar-refractivity contribution is 5.93. The van der Waals surface area contributed by atoms with Crippen molar-refractivity contribution in [3.8, 4) is 0 Å². The van der Waals surface area contributed by atoms with Crippen LogP contribution in [-0.4, -0.2) is 36.4 Å². The topological polar surface area (TPSA) is 65.2 Å². The highest BCUT2D eigenvalue weighted by Gasteiger charge is 2.17. The first-order chi connectivity index (χ1) is 10.9. The van der Waals surface area contributed by atoms with Crippen molar-refractivity contribution in [3.05, 3.63) is 69.4 Å². The van der Waals surface area contributed by atoms with Gasteiger partial charge in [0.2, 0.25) is 0 Å². The molecule has 5 nitrogen and oxygen atoms in total. The summed E-state index contributed by atoms with van der Waals surface area (Å²) in [4.78, 5) is 28.5. The smallest absolute Gasteiger partial charge is 0.260 e. The lowest BCUT2D eigenvalue weighted by atomic mass is 10.1. The molecule has 1 heterocycles. The monoisotopic (exact) mass is 317 g/mol. The fourth-order valence-electron chi connectivity index (χ4n) is 2.32. The Kier molecular flexibility index (Phi) is 5.28. The van der Waals surface area contributed by atoms with E-state index in [0.717, 1.165) is 5.56 Å². The Bertz CT molecular complexity index is 738. The SMILES string of the molecule is Cc1ccc(C(=O)NCC(c2ccc(F)cc2)N(C)C)c(=O)[nH]1. The van der Waals surface area contributed by atoms with Crippen LogP contribution in [0.4, 0.5) is 4.39 Å². The summed E-state index contributed by atoms with van der Waals surface area (Å²) in [6, 6.07) is 9.21. The molecule has 23 heavy (non-hydrogen) atoms. The first-order valence-corrected chi connectivity index (χ1v) is 7.28. The van der Waals surface area contributed by atoms with Gasteiger partial charge >= 0.3 is 0 Å². The van der Waals surface area contributed by atoms with Crippen LogP contribution in [0.2, 0.25) is 0 Å². The minimum atomic E-state index is -0.430. The van der Waals surface area contributed by atoms with Gasteiger partial charge in [-0.05, 0) is 50.8 Å². The Labute approximate surface area is 134 Å². The number of nitrogens with one attached hydrogen (secondary N) is 2. The highest BCUT2D eigenvalue weighted by Crippen LogP contribution is 2.17. The second kappa shape index (κ2) is 7.19. The second-order valence-electron chi connectivity index (χ2n) is 5.63. The maximum atomic E-state index is 13.0. The Morgan fingerprint density at radius 3 is 2.43 bits per heavy atom. The number of rotatable bonds is 5. The summed E-state index contributed by atoms with van der Waals surface area (Å²) in [5.41, 5.74) is 1.25. The van der Waals surface area contributed by atoms with Crippen molar-refractivity contribution in [1.82, 2.24) is 15.2 Å². The number of carbonyl (C=O) groups excluding carboxylic acids is 1. The lowest BCUT2D eigenvalue weighted by Gasteiger charge is -2.25. The molecule has 0 aliphatic heterocycles. The molecule has 0 bridgehead atoms. The van der Waals surface area contributed by atoms with E-state index in [9.17, 15) is 14.0 Å². The summed E-state index contributed by atoms with van der Waals surface area (Å²) >= 11 is 0. The van der Waals surface area contributed by atoms with Gasteiger partial charge in [-0.3, -0.25) is 9.59 Å². The van der Waals surface area contributed by atoms with E-state index in [0.29, 0.717) is 12.2 Å². The van der Waals surface area contributed by atoms with Crippen molar-refractivity contribution in [3.63, 3.8) is 0 Å². The lowest BCUT2D eigenvalue weighted by Crippen LogP contribution is -2.36. The number of aromatic amines is 1. The average molecular weight is 317 g/mol. The molecule has 1 aromatic heterocycles. The number of halogens is 1. The molecule has 1 atom stereocenters. The van der Waals surface area contributed by atoms with Gasteiger partial charge in [0.25, 0.3) is 11.5 Å². The van der Waals surface area contributed by atoms with Crippen LogP contribution in [0.15, 0.2) is 41.2 Å². The molecule has 0 spiro atoms. The first kappa shape index (κ1) is 16.9. The van der Waals surface area contributed by atoms with Crippen LogP contribution in [0, 0.1) is 12.7 Å². The summed E-state index contributed by atoms with van der Waals surface area (Å²) in [5.74, 6) is -0.735. The highest BCUT2D eigenvalue weighted by atomic mass is 19.1. The van der Waals surface area contributed by atoms with Crippen LogP contribution < -0.4 is 10.9 Å². The van der Waals surface area contributed by atoms with Gasteiger partial charge in [-0.2, -0.15) is 0 Å². The minimum Gasteiger partial charge on any atom is -0.350 e. The molecule has 1 unspecified atom stereocenters. The van der Waals surface area contributed by atoms with E-state index in [1.165, 1.54) is 18.2 Å². The number of carbonyl (C=O) groups is 1. The van der Waals surface area contributed by atoms with Crippen LogP contribution in [0.1, 0.15) is 27.7 Å². The fourth-order valence-corrected chi connectivity index (χ4v) is 2.32. The van der Waals surface area contributed by atoms with E-state index in [1.807, 2.05) is 19.0 Å². The average Bonchev–Trinajstić information content (AvgIpc) is 2.48. The predicted octanol–water partition coefficient (Wildman–Crippen LogP) is 1.86. The lowest BCUT2D eigenvalue weighted by molar-refractivity contribution is 0.0940. The third-order valence-corrected chi connectivity index (χ3v) is 3.63. The number of likely N-dealkylation sites (N-methyl/N-ethyl adjacent to an activating group) is 1. The predicted molar refractivity (Wildman–Crippen MR) is 87.0 cm³/mol. The van der Waals surface area contributed by atoms with Crippen LogP contribution >= 0.6 is 0 Å². The molecule has 0 fully saturated rings. The number of pyridine rings is 1. The number of hydrogen-bond donors (Lipinski definition) is 2. The molecule has 0 saturated heterocycles. The molecule has 122 valence electrons. The van der Waals surface area contributed by atoms with Crippen LogP contribution in [0.5, 0.6) is 0 Å². The van der Waals surface area contributed by atoms with Gasteiger partial charge in [0.05, 0.1) is 6.04 Å². The molecule has 0 radical (unpaired) electrons. The van der Waals surface area contributed by atoms with Crippen molar-refractivity contribution in [2.45, 2.75) is 13.0 Å². The summed E-state index contributed by atoms with van der Waals surface area (Å²) in [6.07, 6.45) is 0. The Morgan fingerprint density at radius 2 is 1.87 bits per heavy atom. The van der Waals surface area contributed by atoms with Gasteiger partial charge in [0, 0.05) is 12.2 Å². The van der Waals surface area contributed by atoms with Crippen LogP contribution in [-0.2, 0) is 0 Å². The van der Waals surface area contributed by atoms with E-state index in [1.54, 1.807) is 25.1 Å². The zero-order chi connectivity index (χ0) is 17.0. The molecule has 2 rings (SSSR count). The van der Waals surface area contributed by atoms with Gasteiger partial charge in [0.1, 0.15) is 11.4 Å². The Morgan fingerprint density at radius 1 is 1.22 bits per heavy atom. The van der Waals surface area contributed by atoms with Gasteiger partial charge in [-0.15, -0.1) is 0 Å². The van der Waals surface area contributed by atoms with Gasteiger partial charge < -0.3 is 15.2 Å². The quantitative estimate of drug-likeness (QED) is 0.884. The standard InChI is InChI=1S/C17H20FN3O2/c1-11-4-9-14(17(23)20-11)16(22)19-10-15(21(2)3)12-5-7-13(18)8-6-12/h4-9,15H,10H2,1-3H3,(H,19,22)(H,20,23). The van der Waals surface area contributed by atoms with E-state index in [2.05, 4.69) is 10.3 Å². The largest absolute Gasteiger partial charge is 0.350 e. The minimum absolute atomic E-state index is 0.0761. The van der Waals surface area contributed by atoms with E-state index >= 15 is 0 Å². The summed E-state index contributed by atoms with van der Waals surface area (Å²) in [5, 5.41) is 2.76. The molecule has 0 saturated carbocycles. The Balaban J connectivity index is 2.11. The van der Waals surface area contributed by atoms with Crippen molar-refractivity contribution >= 4 is 5.91 Å². The maximum absolute atomic E-state index is 13.0. The number of benzene rings is 1. The van der Waals surface area contributed by atoms with E-state index in [4.69, 9.17) is 0 Å². The first-order valence-electron chi connectivity index (χ1n) is 7.28. The van der Waals surface area contributed by atoms with Gasteiger partial charge in [-0.25, -0.2) is 4.39 Å². The number of aromatic nitrogens is 1. The number of amides is 1. The molecule has 2 N–H and O–H groups in total. The van der Waals surface area contributed by atoms with Gasteiger partial charge in [0.15, 0.2) is 0 Å². The Hall–Kier alpha value is -2.47. The summed E-state index contributed by atoms with van der Waals surface area (Å²) in [6.45, 7) is 2.06. The molecule has 0 aliphatic carbocycles. The van der Waals surface area contributed by atoms with Crippen LogP contribution in [0.3, 0.4) is 0 Å².